The molecule has 0 bridgehead atoms. The number of carbonyl (C=O) groups is 2. The molecule has 31 heavy (non-hydrogen) atoms. The van der Waals surface area contributed by atoms with Crippen LogP contribution in [-0.4, -0.2) is 35.9 Å². The molecule has 0 spiro atoms. The maximum absolute atomic E-state index is 12.8. The van der Waals surface area contributed by atoms with Crippen molar-refractivity contribution in [1.82, 2.24) is 0 Å². The van der Waals surface area contributed by atoms with Gasteiger partial charge >= 0.3 is 63.7 Å². The molecule has 1 atom stereocenters. The summed E-state index contributed by atoms with van der Waals surface area (Å²) in [6.45, 7) is 1.43. The minimum absolute atomic E-state index is 0. The number of carbonyl (C=O) groups excluding carboxylic acids is 2. The van der Waals surface area contributed by atoms with E-state index in [0.29, 0.717) is 0 Å². The molecule has 0 aromatic heterocycles. The molecular weight excluding hydrogens is 455 g/mol. The zero-order valence-corrected chi connectivity index (χ0v) is 19.6. The molecule has 2 aromatic rings. The minimum Gasteiger partial charge on any atom is -0.548 e. The van der Waals surface area contributed by atoms with Crippen LogP contribution in [0.5, 0.6) is 0 Å². The summed E-state index contributed by atoms with van der Waals surface area (Å²) in [4.78, 5) is 24.4. The van der Waals surface area contributed by atoms with Gasteiger partial charge in [-0.1, -0.05) is 67.6 Å². The van der Waals surface area contributed by atoms with Gasteiger partial charge in [-0.25, -0.2) is 0 Å². The monoisotopic (exact) mass is 471 g/mol. The molecule has 0 unspecified atom stereocenters. The Bertz CT molecular complexity index is 868. The van der Waals surface area contributed by atoms with Crippen LogP contribution in [0.2, 0.25) is 0 Å². The molecule has 0 aliphatic carbocycles. The SMILES string of the molecule is CC[C@H](N=C(c1ccccc1)C(F)(F)F)C(=O)[O-].O=C(c1ccccc1)C(F)(F)F.[K+]. The third-order valence-electron chi connectivity index (χ3n) is 3.55. The minimum atomic E-state index is -4.78. The van der Waals surface area contributed by atoms with E-state index in [-0.39, 0.29) is 68.9 Å². The van der Waals surface area contributed by atoms with Crippen molar-refractivity contribution in [3.63, 3.8) is 0 Å². The van der Waals surface area contributed by atoms with Crippen molar-refractivity contribution in [1.29, 1.82) is 0 Å². The van der Waals surface area contributed by atoms with Gasteiger partial charge in [-0.05, 0) is 6.42 Å². The number of aliphatic imine (C=N–C) groups is 1. The molecule has 0 heterocycles. The van der Waals surface area contributed by atoms with Crippen LogP contribution < -0.4 is 56.5 Å². The van der Waals surface area contributed by atoms with E-state index in [1.165, 1.54) is 43.3 Å². The van der Waals surface area contributed by atoms with Crippen molar-refractivity contribution >= 4 is 17.5 Å². The number of rotatable bonds is 5. The number of hydrogen-bond donors (Lipinski definition) is 0. The Kier molecular flexibility index (Phi) is 12.5. The number of carboxylic acid groups (broad SMARTS) is 1. The predicted molar refractivity (Wildman–Crippen MR) is 94.9 cm³/mol. The van der Waals surface area contributed by atoms with Gasteiger partial charge in [0, 0.05) is 11.1 Å². The summed E-state index contributed by atoms with van der Waals surface area (Å²) in [5.41, 5.74) is -1.69. The van der Waals surface area contributed by atoms with Gasteiger partial charge in [0.25, 0.3) is 5.78 Å². The quantitative estimate of drug-likeness (QED) is 0.283. The van der Waals surface area contributed by atoms with Gasteiger partial charge in [-0.2, -0.15) is 26.3 Å². The first-order valence-corrected chi connectivity index (χ1v) is 8.45. The Hall–Kier alpha value is -1.53. The van der Waals surface area contributed by atoms with Gasteiger partial charge in [-0.15, -0.1) is 0 Å². The largest absolute Gasteiger partial charge is 1.00 e. The summed E-state index contributed by atoms with van der Waals surface area (Å²) in [7, 11) is 0. The number of halogens is 6. The van der Waals surface area contributed by atoms with Gasteiger partial charge in [-0.3, -0.25) is 9.79 Å². The first-order chi connectivity index (χ1) is 13.9. The van der Waals surface area contributed by atoms with Gasteiger partial charge in [0.1, 0.15) is 5.71 Å². The molecule has 0 saturated carbocycles. The second kappa shape index (κ2) is 13.1. The van der Waals surface area contributed by atoms with Gasteiger partial charge in [0.05, 0.1) is 12.0 Å². The van der Waals surface area contributed by atoms with Crippen LogP contribution in [0.4, 0.5) is 26.3 Å². The number of carboxylic acids is 1. The Morgan fingerprint density at radius 3 is 1.58 bits per heavy atom. The molecular formula is C20H16F6KNO3. The fraction of sp³-hybridized carbons (Fsp3) is 0.250. The third-order valence-corrected chi connectivity index (χ3v) is 3.55. The molecule has 0 radical (unpaired) electrons. The molecule has 0 saturated heterocycles. The van der Waals surface area contributed by atoms with E-state index >= 15 is 0 Å². The van der Waals surface area contributed by atoms with Crippen LogP contribution in [0.1, 0.15) is 29.3 Å². The molecule has 0 aliphatic rings. The van der Waals surface area contributed by atoms with Crippen molar-refractivity contribution < 1.29 is 92.4 Å². The van der Waals surface area contributed by atoms with Crippen LogP contribution in [-0.2, 0) is 4.79 Å². The second-order valence-electron chi connectivity index (χ2n) is 5.78. The van der Waals surface area contributed by atoms with Crippen molar-refractivity contribution in [2.75, 3.05) is 0 Å². The van der Waals surface area contributed by atoms with E-state index in [2.05, 4.69) is 4.99 Å². The predicted octanol–water partition coefficient (Wildman–Crippen LogP) is 1.00. The van der Waals surface area contributed by atoms with E-state index in [1.54, 1.807) is 12.1 Å². The van der Waals surface area contributed by atoms with Crippen LogP contribution >= 0.6 is 0 Å². The molecule has 2 rings (SSSR count). The van der Waals surface area contributed by atoms with Gasteiger partial charge < -0.3 is 9.90 Å². The van der Waals surface area contributed by atoms with Crippen molar-refractivity contribution in [2.24, 2.45) is 4.99 Å². The average molecular weight is 471 g/mol. The molecule has 0 amide bonds. The number of nitrogens with zero attached hydrogens (tertiary/aromatic N) is 1. The van der Waals surface area contributed by atoms with E-state index in [4.69, 9.17) is 0 Å². The molecule has 0 fully saturated rings. The van der Waals surface area contributed by atoms with Crippen LogP contribution in [0.25, 0.3) is 0 Å². The Balaban J connectivity index is 0.000000605. The van der Waals surface area contributed by atoms with Crippen LogP contribution in [0.3, 0.4) is 0 Å². The summed E-state index contributed by atoms with van der Waals surface area (Å²) >= 11 is 0. The fourth-order valence-corrected chi connectivity index (χ4v) is 2.13. The number of alkyl halides is 6. The number of hydrogen-bond acceptors (Lipinski definition) is 4. The van der Waals surface area contributed by atoms with E-state index < -0.39 is 35.9 Å². The van der Waals surface area contributed by atoms with Crippen LogP contribution in [0.15, 0.2) is 65.7 Å². The van der Waals surface area contributed by atoms with Gasteiger partial charge in [0.15, 0.2) is 0 Å². The van der Waals surface area contributed by atoms with Gasteiger partial charge in [0.2, 0.25) is 0 Å². The first-order valence-electron chi connectivity index (χ1n) is 8.45. The Morgan fingerprint density at radius 2 is 1.26 bits per heavy atom. The Morgan fingerprint density at radius 1 is 0.839 bits per heavy atom. The van der Waals surface area contributed by atoms with E-state index in [9.17, 15) is 41.0 Å². The molecule has 0 N–H and O–H groups in total. The number of Topliss-reactive ketones (excluding diaryl/α,β-unsaturated/α-hetero) is 1. The zero-order valence-electron chi connectivity index (χ0n) is 16.5. The third kappa shape index (κ3) is 10.1. The van der Waals surface area contributed by atoms with Crippen LogP contribution in [0, 0.1) is 0 Å². The molecule has 162 valence electrons. The smallest absolute Gasteiger partial charge is 0.548 e. The summed E-state index contributed by atoms with van der Waals surface area (Å²) in [6.07, 6.45) is -9.54. The number of benzene rings is 2. The maximum atomic E-state index is 12.8. The number of aliphatic carboxylic acids is 1. The topological polar surface area (TPSA) is 69.6 Å². The molecule has 2 aromatic carbocycles. The normalized spacial score (nSPS) is 12.7. The second-order valence-corrected chi connectivity index (χ2v) is 5.78. The summed E-state index contributed by atoms with van der Waals surface area (Å²) in [5, 5.41) is 10.6. The number of ketones is 1. The van der Waals surface area contributed by atoms with Crippen molar-refractivity contribution in [3.8, 4) is 0 Å². The zero-order chi connectivity index (χ0) is 22.9. The first kappa shape index (κ1) is 29.5. The maximum Gasteiger partial charge on any atom is 1.00 e. The Labute approximate surface area is 216 Å². The fourth-order valence-electron chi connectivity index (χ4n) is 2.13. The summed E-state index contributed by atoms with van der Waals surface area (Å²) in [5.74, 6) is -3.42. The van der Waals surface area contributed by atoms with Crippen molar-refractivity contribution in [2.45, 2.75) is 31.7 Å². The molecule has 0 aliphatic heterocycles. The van der Waals surface area contributed by atoms with Crippen molar-refractivity contribution in [3.05, 3.63) is 71.8 Å². The summed E-state index contributed by atoms with van der Waals surface area (Å²) in [6, 6.07) is 12.0. The van der Waals surface area contributed by atoms with E-state index in [0.717, 1.165) is 12.1 Å². The molecule has 4 nitrogen and oxygen atoms in total. The standard InChI is InChI=1S/C12H12F3NO2.C8H5F3O.K/c1-2-9(11(17)18)16-10(12(13,14)15)8-6-4-3-5-7-8;9-8(10,11)7(12)6-4-2-1-3-5-6;/h3-7,9H,2H2,1H3,(H,17,18);1-5H;/q;;+1/p-1/t9-;;/m0../s1. The summed E-state index contributed by atoms with van der Waals surface area (Å²) < 4.78 is 73.8. The average Bonchev–Trinajstić information content (AvgIpc) is 2.68. The molecule has 11 heteroatoms. The van der Waals surface area contributed by atoms with E-state index in [1.807, 2.05) is 0 Å².